The fourth-order valence-electron chi connectivity index (χ4n) is 1.93. The predicted molar refractivity (Wildman–Crippen MR) is 74.7 cm³/mol. The van der Waals surface area contributed by atoms with Crippen LogP contribution in [0.3, 0.4) is 0 Å². The molecule has 0 aliphatic carbocycles. The van der Waals surface area contributed by atoms with Crippen molar-refractivity contribution >= 4 is 5.91 Å². The Bertz CT molecular complexity index is 618. The summed E-state index contributed by atoms with van der Waals surface area (Å²) in [7, 11) is 0. The number of carbonyl (C=O) groups is 1. The van der Waals surface area contributed by atoms with Crippen molar-refractivity contribution in [3.05, 3.63) is 29.1 Å². The van der Waals surface area contributed by atoms with Gasteiger partial charge in [0, 0.05) is 19.4 Å². The van der Waals surface area contributed by atoms with Gasteiger partial charge in [-0.25, -0.2) is 4.98 Å². The highest BCUT2D eigenvalue weighted by molar-refractivity contribution is 5.92. The van der Waals surface area contributed by atoms with E-state index in [0.29, 0.717) is 42.7 Å². The fraction of sp³-hybridized carbons (Fsp3) is 0.571. The van der Waals surface area contributed by atoms with E-state index in [1.165, 1.54) is 0 Å². The molecule has 2 rings (SSSR count). The average molecular weight is 292 g/mol. The van der Waals surface area contributed by atoms with Crippen molar-refractivity contribution in [3.63, 3.8) is 0 Å². The summed E-state index contributed by atoms with van der Waals surface area (Å²) in [6.07, 6.45) is 1.36. The van der Waals surface area contributed by atoms with Crippen LogP contribution in [0.15, 0.2) is 8.94 Å². The maximum atomic E-state index is 12.5. The third-order valence-electron chi connectivity index (χ3n) is 3.16. The van der Waals surface area contributed by atoms with Gasteiger partial charge in [0.2, 0.25) is 11.7 Å². The Morgan fingerprint density at radius 3 is 2.43 bits per heavy atom. The van der Waals surface area contributed by atoms with E-state index in [-0.39, 0.29) is 18.2 Å². The van der Waals surface area contributed by atoms with Gasteiger partial charge in [-0.2, -0.15) is 4.98 Å². The summed E-state index contributed by atoms with van der Waals surface area (Å²) >= 11 is 0. The molecule has 0 aromatic carbocycles. The minimum Gasteiger partial charge on any atom is -0.435 e. The first-order valence-electron chi connectivity index (χ1n) is 7.16. The van der Waals surface area contributed by atoms with Gasteiger partial charge < -0.3 is 13.8 Å². The maximum Gasteiger partial charge on any atom is 0.292 e. The normalized spacial score (nSPS) is 10.9. The number of hydrogen-bond donors (Lipinski definition) is 0. The number of oxazole rings is 1. The molecular formula is C14H20N4O3. The van der Waals surface area contributed by atoms with E-state index < -0.39 is 0 Å². The Morgan fingerprint density at radius 1 is 1.14 bits per heavy atom. The van der Waals surface area contributed by atoms with Gasteiger partial charge in [-0.15, -0.1) is 0 Å². The van der Waals surface area contributed by atoms with E-state index in [1.54, 1.807) is 11.8 Å². The number of aryl methyl sites for hydroxylation is 3. The number of amides is 1. The lowest BCUT2D eigenvalue weighted by Gasteiger charge is -2.17. The molecule has 0 unspecified atom stereocenters. The standard InChI is InChI=1S/C14H20N4O3/c1-5-10-16-12(21-17-10)8-18(7-3)14(19)13-9(4)15-11(6-2)20-13/h5-8H2,1-4H3. The van der Waals surface area contributed by atoms with Crippen LogP contribution >= 0.6 is 0 Å². The molecule has 0 atom stereocenters. The van der Waals surface area contributed by atoms with E-state index in [9.17, 15) is 4.79 Å². The molecule has 0 radical (unpaired) electrons. The highest BCUT2D eigenvalue weighted by Crippen LogP contribution is 2.15. The molecule has 114 valence electrons. The molecule has 7 heteroatoms. The summed E-state index contributed by atoms with van der Waals surface area (Å²) < 4.78 is 10.6. The Hall–Kier alpha value is -2.18. The van der Waals surface area contributed by atoms with Crippen LogP contribution in [0, 0.1) is 6.92 Å². The van der Waals surface area contributed by atoms with Crippen LogP contribution in [0.1, 0.15) is 54.6 Å². The van der Waals surface area contributed by atoms with Crippen LogP contribution in [0.25, 0.3) is 0 Å². The van der Waals surface area contributed by atoms with Gasteiger partial charge >= 0.3 is 0 Å². The molecular weight excluding hydrogens is 272 g/mol. The van der Waals surface area contributed by atoms with Crippen molar-refractivity contribution in [2.75, 3.05) is 6.54 Å². The van der Waals surface area contributed by atoms with Gasteiger partial charge in [-0.3, -0.25) is 4.79 Å². The molecule has 0 aliphatic heterocycles. The summed E-state index contributed by atoms with van der Waals surface area (Å²) in [6.45, 7) is 8.32. The first kappa shape index (κ1) is 15.2. The average Bonchev–Trinajstić information content (AvgIpc) is 3.10. The minimum absolute atomic E-state index is 0.210. The summed E-state index contributed by atoms with van der Waals surface area (Å²) in [6, 6.07) is 0. The maximum absolute atomic E-state index is 12.5. The molecule has 0 N–H and O–H groups in total. The van der Waals surface area contributed by atoms with Crippen LogP contribution in [0.5, 0.6) is 0 Å². The number of nitrogens with zero attached hydrogens (tertiary/aromatic N) is 4. The van der Waals surface area contributed by atoms with Crippen LogP contribution in [0.2, 0.25) is 0 Å². The molecule has 0 fully saturated rings. The lowest BCUT2D eigenvalue weighted by Crippen LogP contribution is -2.30. The lowest BCUT2D eigenvalue weighted by atomic mass is 10.3. The van der Waals surface area contributed by atoms with Crippen molar-refractivity contribution < 1.29 is 13.7 Å². The molecule has 0 bridgehead atoms. The molecule has 0 saturated carbocycles. The third kappa shape index (κ3) is 3.29. The number of hydrogen-bond acceptors (Lipinski definition) is 6. The van der Waals surface area contributed by atoms with Gasteiger partial charge in [-0.1, -0.05) is 19.0 Å². The molecule has 2 aromatic rings. The first-order chi connectivity index (χ1) is 10.1. The van der Waals surface area contributed by atoms with Crippen molar-refractivity contribution in [2.45, 2.75) is 47.1 Å². The van der Waals surface area contributed by atoms with Crippen molar-refractivity contribution in [3.8, 4) is 0 Å². The van der Waals surface area contributed by atoms with E-state index in [1.807, 2.05) is 20.8 Å². The molecule has 0 spiro atoms. The van der Waals surface area contributed by atoms with Crippen molar-refractivity contribution in [1.82, 2.24) is 20.0 Å². The molecule has 2 aromatic heterocycles. The van der Waals surface area contributed by atoms with Crippen molar-refractivity contribution in [2.24, 2.45) is 0 Å². The van der Waals surface area contributed by atoms with Crippen LogP contribution < -0.4 is 0 Å². The Labute approximate surface area is 123 Å². The zero-order chi connectivity index (χ0) is 15.4. The van der Waals surface area contributed by atoms with E-state index >= 15 is 0 Å². The molecule has 1 amide bonds. The summed E-state index contributed by atoms with van der Waals surface area (Å²) in [5.41, 5.74) is 0.607. The second kappa shape index (κ2) is 6.51. The Kier molecular flexibility index (Phi) is 4.72. The van der Waals surface area contributed by atoms with Crippen LogP contribution in [-0.2, 0) is 19.4 Å². The molecule has 0 aliphatic rings. The van der Waals surface area contributed by atoms with Crippen LogP contribution in [-0.4, -0.2) is 32.5 Å². The number of aromatic nitrogens is 3. The second-order valence-corrected chi connectivity index (χ2v) is 4.65. The Balaban J connectivity index is 2.15. The third-order valence-corrected chi connectivity index (χ3v) is 3.16. The van der Waals surface area contributed by atoms with Gasteiger partial charge in [-0.05, 0) is 13.8 Å². The quantitative estimate of drug-likeness (QED) is 0.811. The van der Waals surface area contributed by atoms with E-state index in [4.69, 9.17) is 8.94 Å². The SMILES string of the molecule is CCc1noc(CN(CC)C(=O)c2oc(CC)nc2C)n1. The number of rotatable bonds is 6. The van der Waals surface area contributed by atoms with E-state index in [0.717, 1.165) is 0 Å². The fourth-order valence-corrected chi connectivity index (χ4v) is 1.93. The van der Waals surface area contributed by atoms with Gasteiger partial charge in [0.15, 0.2) is 11.7 Å². The topological polar surface area (TPSA) is 85.3 Å². The smallest absolute Gasteiger partial charge is 0.292 e. The van der Waals surface area contributed by atoms with Crippen LogP contribution in [0.4, 0.5) is 0 Å². The zero-order valence-corrected chi connectivity index (χ0v) is 12.8. The number of carbonyl (C=O) groups excluding carboxylic acids is 1. The summed E-state index contributed by atoms with van der Waals surface area (Å²) in [5, 5.41) is 3.83. The van der Waals surface area contributed by atoms with Gasteiger partial charge in [0.05, 0.1) is 5.69 Å². The van der Waals surface area contributed by atoms with Gasteiger partial charge in [0.25, 0.3) is 5.91 Å². The first-order valence-corrected chi connectivity index (χ1v) is 7.16. The second-order valence-electron chi connectivity index (χ2n) is 4.65. The molecule has 7 nitrogen and oxygen atoms in total. The predicted octanol–water partition coefficient (Wildman–Crippen LogP) is 2.15. The highest BCUT2D eigenvalue weighted by atomic mass is 16.5. The minimum atomic E-state index is -0.210. The van der Waals surface area contributed by atoms with Gasteiger partial charge in [0.1, 0.15) is 6.54 Å². The van der Waals surface area contributed by atoms with E-state index in [2.05, 4.69) is 15.1 Å². The summed E-state index contributed by atoms with van der Waals surface area (Å²) in [5.74, 6) is 1.70. The molecule has 2 heterocycles. The highest BCUT2D eigenvalue weighted by Gasteiger charge is 2.23. The lowest BCUT2D eigenvalue weighted by molar-refractivity contribution is 0.0699. The largest absolute Gasteiger partial charge is 0.435 e. The zero-order valence-electron chi connectivity index (χ0n) is 12.8. The van der Waals surface area contributed by atoms with Crippen molar-refractivity contribution in [1.29, 1.82) is 0 Å². The molecule has 21 heavy (non-hydrogen) atoms. The monoisotopic (exact) mass is 292 g/mol. The summed E-state index contributed by atoms with van der Waals surface area (Å²) in [4.78, 5) is 22.6. The molecule has 0 saturated heterocycles. The Morgan fingerprint density at radius 2 is 1.90 bits per heavy atom.